The Hall–Kier alpha value is -3.54. The third-order valence-electron chi connectivity index (χ3n) is 4.05. The number of anilines is 1. The lowest BCUT2D eigenvalue weighted by molar-refractivity contribution is 0.650. The number of aryl methyl sites for hydroxylation is 1. The first kappa shape index (κ1) is 16.0. The molecule has 0 atom stereocenters. The maximum absolute atomic E-state index is 5.93. The van der Waals surface area contributed by atoms with Gasteiger partial charge in [-0.15, -0.1) is 5.10 Å². The van der Waals surface area contributed by atoms with E-state index in [1.165, 1.54) is 0 Å². The third-order valence-corrected chi connectivity index (χ3v) is 4.05. The largest absolute Gasteiger partial charge is 0.368 e. The monoisotopic (exact) mass is 342 g/mol. The van der Waals surface area contributed by atoms with E-state index in [1.807, 2.05) is 55.6 Å². The van der Waals surface area contributed by atoms with E-state index in [-0.39, 0.29) is 5.95 Å². The van der Waals surface area contributed by atoms with Crippen molar-refractivity contribution in [2.75, 3.05) is 5.73 Å². The Morgan fingerprint density at radius 2 is 1.69 bits per heavy atom. The van der Waals surface area contributed by atoms with E-state index in [2.05, 4.69) is 38.5 Å². The third kappa shape index (κ3) is 3.44. The molecule has 2 aromatic carbocycles. The summed E-state index contributed by atoms with van der Waals surface area (Å²) < 4.78 is 1.79. The van der Waals surface area contributed by atoms with Gasteiger partial charge in [0.1, 0.15) is 5.69 Å². The van der Waals surface area contributed by atoms with Crippen molar-refractivity contribution in [2.45, 2.75) is 13.5 Å². The van der Waals surface area contributed by atoms with Gasteiger partial charge in [-0.05, 0) is 24.6 Å². The number of hydrogen-bond acceptors (Lipinski definition) is 5. The highest BCUT2D eigenvalue weighted by Crippen LogP contribution is 2.24. The predicted octanol–water partition coefficient (Wildman–Crippen LogP) is 3.34. The summed E-state index contributed by atoms with van der Waals surface area (Å²) >= 11 is 0. The zero-order chi connectivity index (χ0) is 17.9. The highest BCUT2D eigenvalue weighted by molar-refractivity contribution is 5.67. The van der Waals surface area contributed by atoms with Crippen molar-refractivity contribution >= 4 is 5.95 Å². The van der Waals surface area contributed by atoms with Crippen LogP contribution in [-0.2, 0) is 6.54 Å². The van der Waals surface area contributed by atoms with Crippen molar-refractivity contribution in [2.24, 2.45) is 0 Å². The van der Waals surface area contributed by atoms with E-state index in [1.54, 1.807) is 4.68 Å². The van der Waals surface area contributed by atoms with Crippen LogP contribution in [0.3, 0.4) is 0 Å². The molecule has 2 aromatic heterocycles. The lowest BCUT2D eigenvalue weighted by Gasteiger charge is -2.05. The molecule has 0 saturated heterocycles. The number of hydrogen-bond donors (Lipinski definition) is 1. The van der Waals surface area contributed by atoms with Crippen molar-refractivity contribution in [3.8, 4) is 22.6 Å². The summed E-state index contributed by atoms with van der Waals surface area (Å²) in [4.78, 5) is 8.68. The average molecular weight is 342 g/mol. The van der Waals surface area contributed by atoms with E-state index in [0.717, 1.165) is 22.4 Å². The van der Waals surface area contributed by atoms with Crippen molar-refractivity contribution in [1.82, 2.24) is 25.0 Å². The Balaban J connectivity index is 1.66. The fourth-order valence-corrected chi connectivity index (χ4v) is 2.81. The van der Waals surface area contributed by atoms with E-state index in [9.17, 15) is 0 Å². The second-order valence-electron chi connectivity index (χ2n) is 6.15. The number of nitrogen functional groups attached to an aromatic ring is 1. The lowest BCUT2D eigenvalue weighted by atomic mass is 10.1. The fraction of sp³-hybridized carbons (Fsp3) is 0.100. The molecule has 0 aliphatic heterocycles. The van der Waals surface area contributed by atoms with Gasteiger partial charge in [-0.2, -0.15) is 0 Å². The minimum absolute atomic E-state index is 0.219. The number of aromatic nitrogens is 5. The normalized spacial score (nSPS) is 10.8. The van der Waals surface area contributed by atoms with Gasteiger partial charge in [-0.25, -0.2) is 14.6 Å². The molecule has 4 aromatic rings. The van der Waals surface area contributed by atoms with Gasteiger partial charge in [0.2, 0.25) is 5.95 Å². The molecule has 0 aliphatic carbocycles. The van der Waals surface area contributed by atoms with Crippen LogP contribution in [0.25, 0.3) is 22.6 Å². The molecular formula is C20H18N6. The predicted molar refractivity (Wildman–Crippen MR) is 101 cm³/mol. The van der Waals surface area contributed by atoms with Gasteiger partial charge >= 0.3 is 0 Å². The molecule has 0 fully saturated rings. The SMILES string of the molecule is Cc1cccc(-c2cc(-c3cn(Cc4ccccc4)nn3)nc(N)n2)c1. The zero-order valence-corrected chi connectivity index (χ0v) is 14.4. The molecule has 0 radical (unpaired) electrons. The van der Waals surface area contributed by atoms with Crippen LogP contribution in [0.2, 0.25) is 0 Å². The topological polar surface area (TPSA) is 82.5 Å². The molecular weight excluding hydrogens is 324 g/mol. The molecule has 0 unspecified atom stereocenters. The molecule has 0 spiro atoms. The second kappa shape index (κ2) is 6.76. The maximum Gasteiger partial charge on any atom is 0.221 e. The van der Waals surface area contributed by atoms with Gasteiger partial charge in [0.25, 0.3) is 0 Å². The van der Waals surface area contributed by atoms with Crippen molar-refractivity contribution < 1.29 is 0 Å². The van der Waals surface area contributed by atoms with E-state index in [0.29, 0.717) is 17.9 Å². The highest BCUT2D eigenvalue weighted by Gasteiger charge is 2.11. The Morgan fingerprint density at radius 1 is 0.885 bits per heavy atom. The van der Waals surface area contributed by atoms with Crippen molar-refractivity contribution in [3.63, 3.8) is 0 Å². The Bertz CT molecular complexity index is 1040. The van der Waals surface area contributed by atoms with E-state index < -0.39 is 0 Å². The van der Waals surface area contributed by atoms with E-state index >= 15 is 0 Å². The highest BCUT2D eigenvalue weighted by atomic mass is 15.4. The first-order valence-electron chi connectivity index (χ1n) is 8.33. The second-order valence-corrected chi connectivity index (χ2v) is 6.15. The molecule has 4 rings (SSSR count). The summed E-state index contributed by atoms with van der Waals surface area (Å²) in [6.07, 6.45) is 1.87. The summed E-state index contributed by atoms with van der Waals surface area (Å²) in [5, 5.41) is 8.44. The molecule has 6 heteroatoms. The molecule has 0 amide bonds. The van der Waals surface area contributed by atoms with Crippen LogP contribution in [0.1, 0.15) is 11.1 Å². The van der Waals surface area contributed by atoms with Gasteiger partial charge in [0, 0.05) is 5.56 Å². The number of nitrogens with two attached hydrogens (primary N) is 1. The number of benzene rings is 2. The van der Waals surface area contributed by atoms with Crippen LogP contribution in [0.5, 0.6) is 0 Å². The van der Waals surface area contributed by atoms with Crippen LogP contribution < -0.4 is 5.73 Å². The van der Waals surface area contributed by atoms with Gasteiger partial charge in [0.05, 0.1) is 24.1 Å². The molecule has 26 heavy (non-hydrogen) atoms. The Kier molecular flexibility index (Phi) is 4.15. The van der Waals surface area contributed by atoms with Crippen LogP contribution in [-0.4, -0.2) is 25.0 Å². The Labute approximate surface area is 151 Å². The average Bonchev–Trinajstić information content (AvgIpc) is 3.11. The zero-order valence-electron chi connectivity index (χ0n) is 14.4. The smallest absolute Gasteiger partial charge is 0.221 e. The van der Waals surface area contributed by atoms with Crippen molar-refractivity contribution in [1.29, 1.82) is 0 Å². The molecule has 6 nitrogen and oxygen atoms in total. The fourth-order valence-electron chi connectivity index (χ4n) is 2.81. The lowest BCUT2D eigenvalue weighted by Crippen LogP contribution is -2.00. The maximum atomic E-state index is 5.93. The summed E-state index contributed by atoms with van der Waals surface area (Å²) in [6.45, 7) is 2.70. The van der Waals surface area contributed by atoms with E-state index in [4.69, 9.17) is 5.73 Å². The molecule has 128 valence electrons. The number of rotatable bonds is 4. The van der Waals surface area contributed by atoms with Crippen LogP contribution in [0, 0.1) is 6.92 Å². The van der Waals surface area contributed by atoms with Crippen LogP contribution in [0.4, 0.5) is 5.95 Å². The summed E-state index contributed by atoms with van der Waals surface area (Å²) in [5.74, 6) is 0.219. The van der Waals surface area contributed by atoms with Gasteiger partial charge in [0.15, 0.2) is 0 Å². The van der Waals surface area contributed by atoms with Crippen molar-refractivity contribution in [3.05, 3.63) is 78.0 Å². The minimum Gasteiger partial charge on any atom is -0.368 e. The Morgan fingerprint density at radius 3 is 2.50 bits per heavy atom. The summed E-state index contributed by atoms with van der Waals surface area (Å²) in [7, 11) is 0. The quantitative estimate of drug-likeness (QED) is 0.615. The molecule has 0 aliphatic rings. The summed E-state index contributed by atoms with van der Waals surface area (Å²) in [5.41, 5.74) is 11.3. The van der Waals surface area contributed by atoms with Crippen LogP contribution in [0.15, 0.2) is 66.9 Å². The molecule has 2 N–H and O–H groups in total. The minimum atomic E-state index is 0.219. The van der Waals surface area contributed by atoms with Gasteiger partial charge < -0.3 is 5.73 Å². The standard InChI is InChI=1S/C20H18N6/c1-14-6-5-9-16(10-14)17-11-18(23-20(21)22-17)19-13-26(25-24-19)12-15-7-3-2-4-8-15/h2-11,13H,12H2,1H3,(H2,21,22,23). The number of nitrogens with zero attached hydrogens (tertiary/aromatic N) is 5. The molecule has 2 heterocycles. The first-order chi connectivity index (χ1) is 12.7. The van der Waals surface area contributed by atoms with Crippen LogP contribution >= 0.6 is 0 Å². The summed E-state index contributed by atoms with van der Waals surface area (Å²) in [6, 6.07) is 20.1. The van der Waals surface area contributed by atoms with Gasteiger partial charge in [-0.3, -0.25) is 0 Å². The molecule has 0 saturated carbocycles. The van der Waals surface area contributed by atoms with Gasteiger partial charge in [-0.1, -0.05) is 59.3 Å². The first-order valence-corrected chi connectivity index (χ1v) is 8.33. The molecule has 0 bridgehead atoms.